The summed E-state index contributed by atoms with van der Waals surface area (Å²) in [7, 11) is 0. The summed E-state index contributed by atoms with van der Waals surface area (Å²) in [6.45, 7) is 0. The van der Waals surface area contributed by atoms with Crippen molar-refractivity contribution < 1.29 is 4.79 Å². The summed E-state index contributed by atoms with van der Waals surface area (Å²) in [6, 6.07) is -0.0447. The molecule has 4 nitrogen and oxygen atoms in total. The van der Waals surface area contributed by atoms with Crippen molar-refractivity contribution in [2.45, 2.75) is 6.04 Å². The van der Waals surface area contributed by atoms with E-state index in [0.717, 1.165) is 5.57 Å². The Balaban J connectivity index is 2.21. The predicted octanol–water partition coefficient (Wildman–Crippen LogP) is 1.21. The van der Waals surface area contributed by atoms with Crippen LogP contribution in [0.25, 0.3) is 0 Å². The molecule has 1 amide bonds. The van der Waals surface area contributed by atoms with Crippen LogP contribution < -0.4 is 5.32 Å². The lowest BCUT2D eigenvalue weighted by atomic mass is 9.93. The molecule has 2 heterocycles. The van der Waals surface area contributed by atoms with E-state index in [1.54, 1.807) is 0 Å². The molecule has 1 aliphatic carbocycles. The van der Waals surface area contributed by atoms with E-state index in [1.807, 2.05) is 24.3 Å². The molecule has 0 aromatic carbocycles. The van der Waals surface area contributed by atoms with Crippen molar-refractivity contribution in [1.82, 2.24) is 5.32 Å². The van der Waals surface area contributed by atoms with Crippen molar-refractivity contribution in [3.8, 4) is 0 Å². The molecule has 1 N–H and O–H groups in total. The van der Waals surface area contributed by atoms with Gasteiger partial charge in [0.05, 0.1) is 17.8 Å². The molecule has 0 saturated heterocycles. The minimum absolute atomic E-state index is 0.0447. The second kappa shape index (κ2) is 2.51. The zero-order chi connectivity index (χ0) is 9.54. The predicted molar refractivity (Wildman–Crippen MR) is 50.2 cm³/mol. The van der Waals surface area contributed by atoms with Crippen LogP contribution in [0.15, 0.2) is 57.6 Å². The number of hydrogen-bond donors (Lipinski definition) is 1. The first-order valence-corrected chi connectivity index (χ1v) is 4.37. The molecule has 14 heavy (non-hydrogen) atoms. The van der Waals surface area contributed by atoms with E-state index in [1.165, 1.54) is 6.20 Å². The fraction of sp³-hybridized carbons (Fsp3) is 0.100. The monoisotopic (exact) mass is 185 g/mol. The molecule has 4 heteroatoms. The van der Waals surface area contributed by atoms with Crippen LogP contribution >= 0.6 is 0 Å². The highest BCUT2D eigenvalue weighted by Crippen LogP contribution is 2.30. The van der Waals surface area contributed by atoms with Gasteiger partial charge < -0.3 is 5.32 Å². The molecule has 0 aromatic rings. The van der Waals surface area contributed by atoms with E-state index in [9.17, 15) is 4.79 Å². The van der Waals surface area contributed by atoms with Crippen LogP contribution in [0.5, 0.6) is 0 Å². The molecule has 0 aromatic heterocycles. The maximum absolute atomic E-state index is 11.5. The van der Waals surface area contributed by atoms with Gasteiger partial charge in [-0.1, -0.05) is 24.3 Å². The number of hydrogen-bond acceptors (Lipinski definition) is 3. The molecule has 1 unspecified atom stereocenters. The third-order valence-electron chi connectivity index (χ3n) is 2.43. The summed E-state index contributed by atoms with van der Waals surface area (Å²) in [4.78, 5) is 11.5. The van der Waals surface area contributed by atoms with Gasteiger partial charge in [-0.2, -0.15) is 5.11 Å². The summed E-state index contributed by atoms with van der Waals surface area (Å²) >= 11 is 0. The van der Waals surface area contributed by atoms with Crippen LogP contribution in [0.4, 0.5) is 0 Å². The van der Waals surface area contributed by atoms with E-state index >= 15 is 0 Å². The van der Waals surface area contributed by atoms with Crippen molar-refractivity contribution >= 4 is 5.91 Å². The number of carbonyl (C=O) groups is 1. The lowest BCUT2D eigenvalue weighted by Gasteiger charge is -2.24. The lowest BCUT2D eigenvalue weighted by Crippen LogP contribution is -2.40. The van der Waals surface area contributed by atoms with Gasteiger partial charge in [0.15, 0.2) is 0 Å². The maximum Gasteiger partial charge on any atom is 0.255 e. The number of nitrogens with one attached hydrogen (secondary N) is 1. The molecule has 2 aliphatic heterocycles. The number of carbonyl (C=O) groups excluding carboxylic acids is 1. The van der Waals surface area contributed by atoms with Crippen LogP contribution in [0.3, 0.4) is 0 Å². The van der Waals surface area contributed by atoms with E-state index in [-0.39, 0.29) is 11.9 Å². The van der Waals surface area contributed by atoms with E-state index in [2.05, 4.69) is 15.5 Å². The smallest absolute Gasteiger partial charge is 0.255 e. The number of allylic oxidation sites excluding steroid dienone is 2. The highest BCUT2D eigenvalue weighted by Gasteiger charge is 2.31. The number of azo groups is 1. The Morgan fingerprint density at radius 3 is 3.21 bits per heavy atom. The van der Waals surface area contributed by atoms with Gasteiger partial charge in [0, 0.05) is 5.57 Å². The van der Waals surface area contributed by atoms with Crippen molar-refractivity contribution in [1.29, 1.82) is 0 Å². The molecule has 0 radical (unpaired) electrons. The van der Waals surface area contributed by atoms with E-state index < -0.39 is 0 Å². The zero-order valence-electron chi connectivity index (χ0n) is 7.27. The van der Waals surface area contributed by atoms with Crippen molar-refractivity contribution in [2.24, 2.45) is 10.2 Å². The van der Waals surface area contributed by atoms with Gasteiger partial charge in [-0.25, -0.2) is 0 Å². The third kappa shape index (κ3) is 0.849. The Kier molecular flexibility index (Phi) is 1.33. The number of rotatable bonds is 0. The van der Waals surface area contributed by atoms with Crippen molar-refractivity contribution in [3.63, 3.8) is 0 Å². The highest BCUT2D eigenvalue weighted by molar-refractivity contribution is 6.00. The van der Waals surface area contributed by atoms with Crippen molar-refractivity contribution in [2.75, 3.05) is 0 Å². The Bertz CT molecular complexity index is 466. The molecule has 0 spiro atoms. The summed E-state index contributed by atoms with van der Waals surface area (Å²) in [5.41, 5.74) is 2.29. The average Bonchev–Trinajstić information content (AvgIpc) is 2.67. The molecule has 3 aliphatic rings. The molecule has 68 valence electrons. The Morgan fingerprint density at radius 2 is 2.29 bits per heavy atom. The molecular weight excluding hydrogens is 178 g/mol. The quantitative estimate of drug-likeness (QED) is 0.606. The molecular formula is C10H7N3O. The second-order valence-corrected chi connectivity index (χ2v) is 3.26. The van der Waals surface area contributed by atoms with Crippen molar-refractivity contribution in [3.05, 3.63) is 47.3 Å². The van der Waals surface area contributed by atoms with Gasteiger partial charge in [-0.15, -0.1) is 5.11 Å². The average molecular weight is 185 g/mol. The fourth-order valence-corrected chi connectivity index (χ4v) is 1.75. The minimum atomic E-state index is -0.0984. The Hall–Kier alpha value is -1.97. The van der Waals surface area contributed by atoms with Gasteiger partial charge in [0.1, 0.15) is 5.70 Å². The first-order valence-electron chi connectivity index (χ1n) is 4.37. The highest BCUT2D eigenvalue weighted by atomic mass is 16.1. The number of fused-ring (bicyclic) bond motifs is 2. The Morgan fingerprint density at radius 1 is 1.36 bits per heavy atom. The van der Waals surface area contributed by atoms with Gasteiger partial charge >= 0.3 is 0 Å². The fourth-order valence-electron chi connectivity index (χ4n) is 1.75. The summed E-state index contributed by atoms with van der Waals surface area (Å²) in [6.07, 6.45) is 9.24. The normalized spacial score (nSPS) is 27.3. The molecule has 0 bridgehead atoms. The number of nitrogens with zero attached hydrogens (tertiary/aromatic N) is 2. The van der Waals surface area contributed by atoms with Crippen LogP contribution in [0.2, 0.25) is 0 Å². The largest absolute Gasteiger partial charge is 0.342 e. The second-order valence-electron chi connectivity index (χ2n) is 3.26. The van der Waals surface area contributed by atoms with Crippen LogP contribution in [-0.2, 0) is 4.79 Å². The zero-order valence-corrected chi connectivity index (χ0v) is 7.27. The van der Waals surface area contributed by atoms with Gasteiger partial charge in [-0.3, -0.25) is 4.79 Å². The van der Waals surface area contributed by atoms with Gasteiger partial charge in [-0.05, 0) is 0 Å². The molecule has 3 rings (SSSR count). The van der Waals surface area contributed by atoms with Gasteiger partial charge in [0.2, 0.25) is 0 Å². The summed E-state index contributed by atoms with van der Waals surface area (Å²) in [5.74, 6) is -0.0984. The first-order chi connectivity index (χ1) is 6.86. The minimum Gasteiger partial charge on any atom is -0.342 e. The topological polar surface area (TPSA) is 53.8 Å². The molecule has 1 atom stereocenters. The molecule has 0 fully saturated rings. The number of amides is 1. The van der Waals surface area contributed by atoms with E-state index in [0.29, 0.717) is 11.3 Å². The maximum atomic E-state index is 11.5. The third-order valence-corrected chi connectivity index (χ3v) is 2.43. The lowest BCUT2D eigenvalue weighted by molar-refractivity contribution is -0.117. The SMILES string of the molecule is O=C1NC2C=CC=CC2=C2N=NC=C12. The Labute approximate surface area is 80.4 Å². The van der Waals surface area contributed by atoms with Gasteiger partial charge in [0.25, 0.3) is 5.91 Å². The summed E-state index contributed by atoms with van der Waals surface area (Å²) < 4.78 is 0. The standard InChI is InChI=1S/C10H7N3O/c14-10-7-5-11-13-9(7)6-3-1-2-4-8(6)12-10/h1-5,8H,(H,12,14). The summed E-state index contributed by atoms with van der Waals surface area (Å²) in [5, 5.41) is 10.6. The van der Waals surface area contributed by atoms with Crippen LogP contribution in [-0.4, -0.2) is 11.9 Å². The first kappa shape index (κ1) is 7.44. The molecule has 0 saturated carbocycles. The van der Waals surface area contributed by atoms with E-state index in [4.69, 9.17) is 0 Å². The van der Waals surface area contributed by atoms with Crippen LogP contribution in [0.1, 0.15) is 0 Å². The van der Waals surface area contributed by atoms with Crippen LogP contribution in [0, 0.1) is 0 Å².